The van der Waals surface area contributed by atoms with Crippen LogP contribution in [0.3, 0.4) is 0 Å². The van der Waals surface area contributed by atoms with Gasteiger partial charge in [0.15, 0.2) is 12.4 Å². The Morgan fingerprint density at radius 1 is 1.41 bits per heavy atom. The molecule has 12 heteroatoms. The van der Waals surface area contributed by atoms with E-state index in [9.17, 15) is 27.2 Å². The molecule has 1 N–H and O–H groups in total. The molecule has 1 amide bonds. The highest BCUT2D eigenvalue weighted by Crippen LogP contribution is 2.38. The van der Waals surface area contributed by atoms with Gasteiger partial charge in [0.05, 0.1) is 17.3 Å². The Morgan fingerprint density at radius 3 is 2.79 bits per heavy atom. The number of amides is 1. The number of benzene rings is 1. The smallest absolute Gasteiger partial charge is 0.338 e. The summed E-state index contributed by atoms with van der Waals surface area (Å²) in [5.74, 6) is -2.54. The van der Waals surface area contributed by atoms with Crippen LogP contribution in [0, 0.1) is 5.82 Å². The molecule has 0 fully saturated rings. The van der Waals surface area contributed by atoms with Gasteiger partial charge in [-0.05, 0) is 19.1 Å². The summed E-state index contributed by atoms with van der Waals surface area (Å²) in [7, 11) is 0. The minimum atomic E-state index is -4.75. The van der Waals surface area contributed by atoms with Gasteiger partial charge in [0, 0.05) is 17.5 Å². The second-order valence-electron chi connectivity index (χ2n) is 5.88. The molecule has 0 aliphatic carbocycles. The number of fused-ring (bicyclic) bond motifs is 1. The number of ether oxygens (including phenoxy) is 1. The fourth-order valence-corrected chi connectivity index (χ4v) is 3.89. The van der Waals surface area contributed by atoms with Crippen molar-refractivity contribution in [1.29, 1.82) is 0 Å². The van der Waals surface area contributed by atoms with Crippen LogP contribution >= 0.6 is 23.4 Å². The van der Waals surface area contributed by atoms with Crippen molar-refractivity contribution in [2.75, 3.05) is 30.3 Å². The molecule has 0 bridgehead atoms. The Balaban J connectivity index is 1.98. The van der Waals surface area contributed by atoms with E-state index in [4.69, 9.17) is 16.3 Å². The third-order valence-corrected chi connectivity index (χ3v) is 5.45. The van der Waals surface area contributed by atoms with Crippen molar-refractivity contribution in [2.24, 2.45) is 4.99 Å². The van der Waals surface area contributed by atoms with Crippen molar-refractivity contribution < 1.29 is 31.9 Å². The van der Waals surface area contributed by atoms with E-state index in [2.05, 4.69) is 4.99 Å². The standard InChI is InChI=1S/C17H14ClF4N3O3S/c1-2-28-15(27)8-29-12-6-11(10(19)5-9(12)18)25-14(26)7-13(17(20,21)22)24-4-3-23-16(24)25/h5-7H,2-4,8H2,1H3/p+1. The molecule has 29 heavy (non-hydrogen) atoms. The number of hydrogen-bond donors (Lipinski definition) is 0. The average molecular weight is 453 g/mol. The lowest BCUT2D eigenvalue weighted by molar-refractivity contribution is -0.119. The number of carbonyl (C=O) groups is 1. The van der Waals surface area contributed by atoms with Crippen molar-refractivity contribution in [3.05, 3.63) is 34.7 Å². The number of nitrogens with zero attached hydrogens (tertiary/aromatic N) is 3. The second-order valence-corrected chi connectivity index (χ2v) is 7.31. The molecule has 0 saturated heterocycles. The van der Waals surface area contributed by atoms with Gasteiger partial charge in [-0.2, -0.15) is 13.2 Å². The zero-order chi connectivity index (χ0) is 21.3. The van der Waals surface area contributed by atoms with Crippen LogP contribution in [0.15, 0.2) is 33.8 Å². The number of halogens is 5. The quantitative estimate of drug-likeness (QED) is 0.296. The molecule has 2 aliphatic heterocycles. The molecular formula is C17H15ClF4N3O3S+. The summed E-state index contributed by atoms with van der Waals surface area (Å²) in [6, 6.07) is 2.18. The molecular weight excluding hydrogens is 438 g/mol. The predicted molar refractivity (Wildman–Crippen MR) is 101 cm³/mol. The van der Waals surface area contributed by atoms with Crippen molar-refractivity contribution in [1.82, 2.24) is 4.90 Å². The molecule has 1 aromatic rings. The van der Waals surface area contributed by atoms with Gasteiger partial charge < -0.3 is 14.4 Å². The molecule has 0 unspecified atom stereocenters. The van der Waals surface area contributed by atoms with Crippen molar-refractivity contribution >= 4 is 46.9 Å². The minimum absolute atomic E-state index is 0.00221. The lowest BCUT2D eigenvalue weighted by Gasteiger charge is -2.35. The summed E-state index contributed by atoms with van der Waals surface area (Å²) in [5, 5.41) is 0.0155. The van der Waals surface area contributed by atoms with Crippen LogP contribution in [-0.4, -0.2) is 59.2 Å². The molecule has 0 spiro atoms. The van der Waals surface area contributed by atoms with Gasteiger partial charge in [-0.15, -0.1) is 11.8 Å². The van der Waals surface area contributed by atoms with Gasteiger partial charge in [0.2, 0.25) is 5.96 Å². The predicted octanol–water partition coefficient (Wildman–Crippen LogP) is 3.57. The Bertz CT molecular complexity index is 920. The second kappa shape index (κ2) is 8.23. The van der Waals surface area contributed by atoms with Crippen molar-refractivity contribution in [2.45, 2.75) is 18.0 Å². The van der Waals surface area contributed by atoms with E-state index >= 15 is 0 Å². The number of guanidine groups is 1. The van der Waals surface area contributed by atoms with E-state index in [0.717, 1.165) is 27.6 Å². The maximum atomic E-state index is 14.6. The first-order valence-corrected chi connectivity index (χ1v) is 9.74. The highest BCUT2D eigenvalue weighted by atomic mass is 35.5. The largest absolute Gasteiger partial charge is 0.493 e. The molecule has 1 aromatic carbocycles. The van der Waals surface area contributed by atoms with E-state index in [1.807, 2.05) is 0 Å². The van der Waals surface area contributed by atoms with Crippen LogP contribution in [0.5, 0.6) is 0 Å². The molecule has 3 rings (SSSR count). The van der Waals surface area contributed by atoms with Crippen LogP contribution in [0.4, 0.5) is 23.2 Å². The molecule has 156 valence electrons. The zero-order valence-corrected chi connectivity index (χ0v) is 16.5. The SMILES string of the molecule is CCOC(=[OH+])CSc1cc(N2C(=O)C=C(C(F)(F)F)N3CCN=C32)c(F)cc1Cl. The highest BCUT2D eigenvalue weighted by Gasteiger charge is 2.47. The van der Waals surface area contributed by atoms with E-state index in [0.29, 0.717) is 11.0 Å². The third kappa shape index (κ3) is 4.35. The van der Waals surface area contributed by atoms with Crippen LogP contribution in [0.25, 0.3) is 0 Å². The van der Waals surface area contributed by atoms with Crippen LogP contribution in [0.2, 0.25) is 5.02 Å². The summed E-state index contributed by atoms with van der Waals surface area (Å²) in [5.41, 5.74) is -1.43. The van der Waals surface area contributed by atoms with E-state index < -0.39 is 23.6 Å². The van der Waals surface area contributed by atoms with Gasteiger partial charge in [-0.25, -0.2) is 9.29 Å². The summed E-state index contributed by atoms with van der Waals surface area (Å²) < 4.78 is 59.3. The van der Waals surface area contributed by atoms with Crippen LogP contribution in [0.1, 0.15) is 6.92 Å². The van der Waals surface area contributed by atoms with Gasteiger partial charge in [-0.1, -0.05) is 11.6 Å². The van der Waals surface area contributed by atoms with Gasteiger partial charge in [-0.3, -0.25) is 9.79 Å². The number of alkyl halides is 3. The van der Waals surface area contributed by atoms with E-state index in [1.165, 1.54) is 6.07 Å². The fourth-order valence-electron chi connectivity index (χ4n) is 2.82. The maximum Gasteiger partial charge on any atom is 0.493 e. The third-order valence-electron chi connectivity index (χ3n) is 3.98. The number of anilines is 1. The summed E-state index contributed by atoms with van der Waals surface area (Å²) in [6.45, 7) is 1.88. The first-order chi connectivity index (χ1) is 13.6. The van der Waals surface area contributed by atoms with Crippen LogP contribution < -0.4 is 4.90 Å². The van der Waals surface area contributed by atoms with Crippen molar-refractivity contribution in [3.8, 4) is 0 Å². The molecule has 2 heterocycles. The number of aliphatic imine (C=N–C) groups is 1. The Kier molecular flexibility index (Phi) is 6.08. The summed E-state index contributed by atoms with van der Waals surface area (Å²) in [6.07, 6.45) is -4.33. The number of allylic oxidation sites excluding steroid dienone is 1. The Labute approximate surface area is 172 Å². The monoisotopic (exact) mass is 452 g/mol. The molecule has 0 aromatic heterocycles. The maximum absolute atomic E-state index is 14.6. The van der Waals surface area contributed by atoms with E-state index in [1.54, 1.807) is 6.92 Å². The molecule has 0 saturated carbocycles. The van der Waals surface area contributed by atoms with Gasteiger partial charge in [0.25, 0.3) is 5.91 Å². The summed E-state index contributed by atoms with van der Waals surface area (Å²) >= 11 is 7.05. The number of esters is 1. The zero-order valence-electron chi connectivity index (χ0n) is 15.0. The van der Waals surface area contributed by atoms with Gasteiger partial charge in [0.1, 0.15) is 11.5 Å². The minimum Gasteiger partial charge on any atom is -0.338 e. The number of hydrogen-bond acceptors (Lipinski definition) is 5. The number of rotatable bonds is 5. The first kappa shape index (κ1) is 21.4. The lowest BCUT2D eigenvalue weighted by atomic mass is 10.2. The van der Waals surface area contributed by atoms with E-state index in [-0.39, 0.29) is 48.1 Å². The Morgan fingerprint density at radius 2 is 2.14 bits per heavy atom. The lowest BCUT2D eigenvalue weighted by Crippen LogP contribution is -2.51. The van der Waals surface area contributed by atoms with Crippen LogP contribution in [-0.2, 0) is 9.53 Å². The normalized spacial score (nSPS) is 16.6. The Hall–Kier alpha value is -2.27. The van der Waals surface area contributed by atoms with Gasteiger partial charge >= 0.3 is 12.1 Å². The fraction of sp³-hybridized carbons (Fsp3) is 0.353. The summed E-state index contributed by atoms with van der Waals surface area (Å²) in [4.78, 5) is 27.9. The molecule has 6 nitrogen and oxygen atoms in total. The molecule has 0 radical (unpaired) electrons. The topological polar surface area (TPSA) is 66.5 Å². The molecule has 0 atom stereocenters. The molecule has 2 aliphatic rings. The number of carbonyl (C=O) groups excluding carboxylic acids is 2. The first-order valence-electron chi connectivity index (χ1n) is 8.38. The highest BCUT2D eigenvalue weighted by molar-refractivity contribution is 8.00. The average Bonchev–Trinajstić information content (AvgIpc) is 3.09. The number of thioether (sulfide) groups is 1. The van der Waals surface area contributed by atoms with Crippen molar-refractivity contribution in [3.63, 3.8) is 0 Å².